The van der Waals surface area contributed by atoms with Crippen molar-refractivity contribution in [1.82, 2.24) is 4.98 Å². The van der Waals surface area contributed by atoms with Crippen LogP contribution in [0.25, 0.3) is 55.9 Å². The lowest BCUT2D eigenvalue weighted by Crippen LogP contribution is -1.92. The van der Waals surface area contributed by atoms with Gasteiger partial charge in [-0.05, 0) is 157 Å². The van der Waals surface area contributed by atoms with Crippen LogP contribution in [0.5, 0.6) is 0 Å². The minimum absolute atomic E-state index is 0.124. The number of pyridine rings is 1. The third-order valence-electron chi connectivity index (χ3n) is 8.78. The largest absolute Gasteiger partial charge is 0.298 e. The Morgan fingerprint density at radius 1 is 0.411 bits per heavy atom. The molecular formula is C50H36I3NO2. The molecule has 56 heavy (non-hydrogen) atoms. The molecule has 0 bridgehead atoms. The van der Waals surface area contributed by atoms with Gasteiger partial charge in [-0.25, -0.2) is 4.98 Å². The van der Waals surface area contributed by atoms with Crippen LogP contribution < -0.4 is 0 Å². The van der Waals surface area contributed by atoms with E-state index in [1.54, 1.807) is 6.92 Å². The predicted octanol–water partition coefficient (Wildman–Crippen LogP) is 14.6. The first-order valence-electron chi connectivity index (χ1n) is 17.8. The Kier molecular flexibility index (Phi) is 14.9. The second kappa shape index (κ2) is 20.4. The third kappa shape index (κ3) is 11.6. The lowest BCUT2D eigenvalue weighted by Gasteiger charge is -2.11. The minimum Gasteiger partial charge on any atom is -0.298 e. The van der Waals surface area contributed by atoms with Crippen molar-refractivity contribution < 1.29 is 9.59 Å². The minimum atomic E-state index is 0.124. The molecule has 0 aliphatic heterocycles. The number of hydrogen-bond acceptors (Lipinski definition) is 3. The monoisotopic (exact) mass is 1060 g/mol. The zero-order chi connectivity index (χ0) is 39.3. The molecule has 274 valence electrons. The SMILES string of the molecule is CC(=O)c1cccc(I)c1.Ic1cccc(-c2cc(-c3ccc(-c4ccccc4)cc3)cc(-c3cccc(I)c3)n2)c1.O=Cc1ccc(-c2ccccc2)cc1. The second-order valence-electron chi connectivity index (χ2n) is 12.8. The molecule has 0 amide bonds. The topological polar surface area (TPSA) is 47.0 Å². The van der Waals surface area contributed by atoms with Crippen molar-refractivity contribution in [2.24, 2.45) is 0 Å². The highest BCUT2D eigenvalue weighted by Crippen LogP contribution is 2.32. The summed E-state index contributed by atoms with van der Waals surface area (Å²) in [6.45, 7) is 1.57. The average Bonchev–Trinajstić information content (AvgIpc) is 3.25. The Balaban J connectivity index is 0.000000181. The van der Waals surface area contributed by atoms with Crippen molar-refractivity contribution in [2.45, 2.75) is 6.92 Å². The number of benzene rings is 7. The molecule has 0 fully saturated rings. The molecule has 0 radical (unpaired) electrons. The Morgan fingerprint density at radius 2 is 0.786 bits per heavy atom. The van der Waals surface area contributed by atoms with Crippen LogP contribution in [-0.4, -0.2) is 17.1 Å². The maximum Gasteiger partial charge on any atom is 0.159 e. The van der Waals surface area contributed by atoms with Gasteiger partial charge in [-0.1, -0.05) is 146 Å². The normalized spacial score (nSPS) is 10.3. The molecule has 0 saturated carbocycles. The van der Waals surface area contributed by atoms with E-state index in [2.05, 4.69) is 189 Å². The first-order valence-corrected chi connectivity index (χ1v) is 21.1. The van der Waals surface area contributed by atoms with Crippen LogP contribution in [0.4, 0.5) is 0 Å². The van der Waals surface area contributed by atoms with Crippen LogP contribution in [-0.2, 0) is 0 Å². The molecule has 0 spiro atoms. The van der Waals surface area contributed by atoms with Crippen LogP contribution in [0.1, 0.15) is 27.6 Å². The fourth-order valence-corrected chi connectivity index (χ4v) is 7.50. The van der Waals surface area contributed by atoms with Crippen molar-refractivity contribution in [2.75, 3.05) is 0 Å². The van der Waals surface area contributed by atoms with Gasteiger partial charge in [0.1, 0.15) is 6.29 Å². The van der Waals surface area contributed by atoms with Gasteiger partial charge in [0.15, 0.2) is 5.78 Å². The Hall–Kier alpha value is -4.78. The lowest BCUT2D eigenvalue weighted by atomic mass is 9.97. The fraction of sp³-hybridized carbons (Fsp3) is 0.0200. The molecule has 3 nitrogen and oxygen atoms in total. The first-order chi connectivity index (χ1) is 27.2. The summed E-state index contributed by atoms with van der Waals surface area (Å²) in [6.07, 6.45) is 0.856. The Morgan fingerprint density at radius 3 is 1.18 bits per heavy atom. The number of rotatable bonds is 7. The summed E-state index contributed by atoms with van der Waals surface area (Å²) >= 11 is 6.90. The molecule has 1 aromatic heterocycles. The van der Waals surface area contributed by atoms with E-state index in [0.717, 1.165) is 43.5 Å². The van der Waals surface area contributed by atoms with Crippen molar-refractivity contribution >= 4 is 79.8 Å². The average molecular weight is 1060 g/mol. The van der Waals surface area contributed by atoms with Gasteiger partial charge in [-0.3, -0.25) is 9.59 Å². The molecule has 0 atom stereocenters. The quantitative estimate of drug-likeness (QED) is 0.0908. The van der Waals surface area contributed by atoms with Crippen LogP contribution in [0, 0.1) is 10.7 Å². The first kappa shape index (κ1) is 40.9. The summed E-state index contributed by atoms with van der Waals surface area (Å²) < 4.78 is 3.51. The summed E-state index contributed by atoms with van der Waals surface area (Å²) in [5, 5.41) is 0. The number of aldehydes is 1. The molecule has 0 unspecified atom stereocenters. The summed E-state index contributed by atoms with van der Waals surface area (Å²) in [5.74, 6) is 0.124. The number of nitrogens with zero attached hydrogens (tertiary/aromatic N) is 1. The van der Waals surface area contributed by atoms with Crippen LogP contribution in [0.2, 0.25) is 0 Å². The highest BCUT2D eigenvalue weighted by atomic mass is 127. The van der Waals surface area contributed by atoms with Gasteiger partial charge >= 0.3 is 0 Å². The van der Waals surface area contributed by atoms with E-state index in [1.807, 2.05) is 72.8 Å². The maximum absolute atomic E-state index is 10.8. The standard InChI is InChI=1S/C29H19I2N.C13H10O.C8H7IO/c30-26-10-4-8-23(16-26)28-18-25(19-29(32-28)24-9-5-11-27(31)17-24)22-14-12-21(13-15-22)20-6-2-1-3-7-20;14-10-11-6-8-13(9-7-11)12-4-2-1-3-5-12;1-6(10)7-3-2-4-8(9)5-7/h1-19H;1-10H;2-5H,1H3. The van der Waals surface area contributed by atoms with Crippen molar-refractivity contribution in [1.29, 1.82) is 0 Å². The third-order valence-corrected chi connectivity index (χ3v) is 10.8. The number of Topliss-reactive ketones (excluding diaryl/α,β-unsaturated/α-hetero) is 1. The molecule has 1 heterocycles. The highest BCUT2D eigenvalue weighted by Gasteiger charge is 2.10. The number of carbonyl (C=O) groups is 2. The lowest BCUT2D eigenvalue weighted by molar-refractivity contribution is 0.101. The van der Waals surface area contributed by atoms with Gasteiger partial charge in [0.05, 0.1) is 11.4 Å². The number of halogens is 3. The summed E-state index contributed by atoms with van der Waals surface area (Å²) in [7, 11) is 0. The number of carbonyl (C=O) groups excluding carboxylic acids is 2. The van der Waals surface area contributed by atoms with Gasteiger partial charge in [0.2, 0.25) is 0 Å². The molecule has 0 aliphatic carbocycles. The van der Waals surface area contributed by atoms with E-state index in [9.17, 15) is 9.59 Å². The molecule has 0 saturated heterocycles. The summed E-state index contributed by atoms with van der Waals surface area (Å²) in [5.41, 5.74) is 12.8. The van der Waals surface area contributed by atoms with Gasteiger partial charge in [-0.2, -0.15) is 0 Å². The van der Waals surface area contributed by atoms with Crippen molar-refractivity contribution in [3.05, 3.63) is 216 Å². The van der Waals surface area contributed by atoms with Gasteiger partial charge in [-0.15, -0.1) is 0 Å². The van der Waals surface area contributed by atoms with Gasteiger partial charge in [0.25, 0.3) is 0 Å². The van der Waals surface area contributed by atoms with E-state index < -0.39 is 0 Å². The van der Waals surface area contributed by atoms with Gasteiger partial charge < -0.3 is 0 Å². The number of aromatic nitrogens is 1. The van der Waals surface area contributed by atoms with E-state index in [0.29, 0.717) is 5.56 Å². The van der Waals surface area contributed by atoms with E-state index in [1.165, 1.54) is 35.0 Å². The molecule has 7 aromatic carbocycles. The van der Waals surface area contributed by atoms with Crippen LogP contribution >= 0.6 is 67.8 Å². The number of hydrogen-bond donors (Lipinski definition) is 0. The van der Waals surface area contributed by atoms with E-state index >= 15 is 0 Å². The Labute approximate surface area is 369 Å². The Bertz CT molecular complexity index is 2470. The van der Waals surface area contributed by atoms with E-state index in [-0.39, 0.29) is 5.78 Å². The van der Waals surface area contributed by atoms with Crippen molar-refractivity contribution in [3.8, 4) is 55.9 Å². The second-order valence-corrected chi connectivity index (χ2v) is 16.5. The molecule has 8 rings (SSSR count). The van der Waals surface area contributed by atoms with Crippen molar-refractivity contribution in [3.63, 3.8) is 0 Å². The highest BCUT2D eigenvalue weighted by molar-refractivity contribution is 14.1. The molecule has 8 aromatic rings. The number of ketones is 1. The predicted molar refractivity (Wildman–Crippen MR) is 258 cm³/mol. The molecular weight excluding hydrogens is 1030 g/mol. The summed E-state index contributed by atoms with van der Waals surface area (Å²) in [6, 6.07) is 65.9. The smallest absolute Gasteiger partial charge is 0.159 e. The van der Waals surface area contributed by atoms with Crippen LogP contribution in [0.15, 0.2) is 194 Å². The zero-order valence-corrected chi connectivity index (χ0v) is 36.9. The zero-order valence-electron chi connectivity index (χ0n) is 30.5. The van der Waals surface area contributed by atoms with E-state index in [4.69, 9.17) is 4.98 Å². The maximum atomic E-state index is 10.8. The van der Waals surface area contributed by atoms with Crippen LogP contribution in [0.3, 0.4) is 0 Å². The fourth-order valence-electron chi connectivity index (χ4n) is 5.87. The molecule has 0 aliphatic rings. The summed E-state index contributed by atoms with van der Waals surface area (Å²) in [4.78, 5) is 26.3. The molecule has 6 heteroatoms. The van der Waals surface area contributed by atoms with Gasteiger partial charge in [0, 0.05) is 33.0 Å². The molecule has 0 N–H and O–H groups in total.